The summed E-state index contributed by atoms with van der Waals surface area (Å²) in [6.07, 6.45) is 1.53. The van der Waals surface area contributed by atoms with Crippen molar-refractivity contribution in [3.63, 3.8) is 0 Å². The lowest BCUT2D eigenvalue weighted by Crippen LogP contribution is -2.27. The molecule has 0 spiro atoms. The first-order valence-electron chi connectivity index (χ1n) is 8.45. The Labute approximate surface area is 155 Å². The van der Waals surface area contributed by atoms with Gasteiger partial charge in [-0.3, -0.25) is 9.59 Å². The lowest BCUT2D eigenvalue weighted by atomic mass is 10.2. The minimum Gasteiger partial charge on any atom is -0.495 e. The number of methoxy groups -OCH3 is 1. The van der Waals surface area contributed by atoms with Crippen molar-refractivity contribution in [2.75, 3.05) is 12.4 Å². The zero-order valence-corrected chi connectivity index (χ0v) is 15.3. The minimum atomic E-state index is -0.354. The lowest BCUT2D eigenvalue weighted by molar-refractivity contribution is -0.116. The fraction of sp³-hybridized carbons (Fsp3) is 0.263. The number of nitrogens with zero attached hydrogens (tertiary/aromatic N) is 3. The molecule has 1 aromatic carbocycles. The number of hydrogen-bond donors (Lipinski definition) is 1. The molecule has 0 fully saturated rings. The third-order valence-electron chi connectivity index (χ3n) is 3.88. The molecule has 0 atom stereocenters. The molecule has 2 heterocycles. The molecule has 3 aromatic rings. The Morgan fingerprint density at radius 1 is 1.26 bits per heavy atom. The zero-order chi connectivity index (χ0) is 19.4. The van der Waals surface area contributed by atoms with E-state index in [2.05, 4.69) is 15.5 Å². The van der Waals surface area contributed by atoms with Crippen molar-refractivity contribution in [3.05, 3.63) is 58.8 Å². The van der Waals surface area contributed by atoms with Crippen LogP contribution in [0, 0.1) is 0 Å². The van der Waals surface area contributed by atoms with Gasteiger partial charge in [-0.25, -0.2) is 0 Å². The Morgan fingerprint density at radius 2 is 2.04 bits per heavy atom. The van der Waals surface area contributed by atoms with E-state index < -0.39 is 0 Å². The summed E-state index contributed by atoms with van der Waals surface area (Å²) in [5.41, 5.74) is 0.796. The number of carbonyl (C=O) groups excluding carboxylic acids is 1. The van der Waals surface area contributed by atoms with Gasteiger partial charge in [0.25, 0.3) is 11.4 Å². The van der Waals surface area contributed by atoms with Gasteiger partial charge >= 0.3 is 0 Å². The van der Waals surface area contributed by atoms with Crippen LogP contribution in [0.15, 0.2) is 51.9 Å². The van der Waals surface area contributed by atoms with Crippen LogP contribution >= 0.6 is 0 Å². The standard InChI is InChI=1S/C19H20N4O4/c1-12(2)18-21-19(27-22-18)13-8-9-17(25)23(10-13)11-16(24)20-14-6-4-5-7-15(14)26-3/h4-10,12H,11H2,1-3H3,(H,20,24). The number of aromatic nitrogens is 3. The summed E-state index contributed by atoms with van der Waals surface area (Å²) in [7, 11) is 1.52. The third-order valence-corrected chi connectivity index (χ3v) is 3.88. The van der Waals surface area contributed by atoms with Gasteiger partial charge in [0.1, 0.15) is 12.3 Å². The molecule has 0 radical (unpaired) electrons. The third kappa shape index (κ3) is 4.22. The molecule has 2 aromatic heterocycles. The molecule has 1 N–H and O–H groups in total. The Hall–Kier alpha value is -3.42. The summed E-state index contributed by atoms with van der Waals surface area (Å²) in [5.74, 6) is 1.19. The van der Waals surface area contributed by atoms with Crippen molar-refractivity contribution in [1.29, 1.82) is 0 Å². The van der Waals surface area contributed by atoms with Crippen LogP contribution in [0.2, 0.25) is 0 Å². The van der Waals surface area contributed by atoms with E-state index in [1.165, 1.54) is 23.9 Å². The Kier molecular flexibility index (Phi) is 5.35. The summed E-state index contributed by atoms with van der Waals surface area (Å²) < 4.78 is 11.7. The van der Waals surface area contributed by atoms with Crippen LogP contribution in [-0.2, 0) is 11.3 Å². The van der Waals surface area contributed by atoms with Gasteiger partial charge in [0.05, 0.1) is 18.4 Å². The smallest absolute Gasteiger partial charge is 0.259 e. The highest BCUT2D eigenvalue weighted by molar-refractivity contribution is 5.92. The van der Waals surface area contributed by atoms with Gasteiger partial charge in [0.15, 0.2) is 5.82 Å². The van der Waals surface area contributed by atoms with Crippen LogP contribution in [0.3, 0.4) is 0 Å². The van der Waals surface area contributed by atoms with Crippen molar-refractivity contribution >= 4 is 11.6 Å². The predicted octanol–water partition coefficient (Wildman–Crippen LogP) is 2.67. The number of anilines is 1. The number of carbonyl (C=O) groups is 1. The van der Waals surface area contributed by atoms with Crippen LogP contribution in [0.1, 0.15) is 25.6 Å². The van der Waals surface area contributed by atoms with Gasteiger partial charge in [0.2, 0.25) is 5.91 Å². The normalized spacial score (nSPS) is 10.8. The van der Waals surface area contributed by atoms with Gasteiger partial charge in [-0.05, 0) is 18.2 Å². The first-order chi connectivity index (χ1) is 13.0. The van der Waals surface area contributed by atoms with Crippen LogP contribution < -0.4 is 15.6 Å². The molecule has 0 aliphatic heterocycles. The Bertz CT molecular complexity index is 1010. The molecule has 140 valence electrons. The van der Waals surface area contributed by atoms with E-state index in [1.807, 2.05) is 13.8 Å². The maximum Gasteiger partial charge on any atom is 0.259 e. The second-order valence-electron chi connectivity index (χ2n) is 6.24. The second-order valence-corrected chi connectivity index (χ2v) is 6.24. The molecular weight excluding hydrogens is 348 g/mol. The summed E-state index contributed by atoms with van der Waals surface area (Å²) in [6, 6.07) is 10.0. The van der Waals surface area contributed by atoms with Crippen molar-refractivity contribution in [1.82, 2.24) is 14.7 Å². The molecule has 8 nitrogen and oxygen atoms in total. The number of ether oxygens (including phenoxy) is 1. The average Bonchev–Trinajstić information content (AvgIpc) is 3.14. The van der Waals surface area contributed by atoms with Crippen molar-refractivity contribution in [2.24, 2.45) is 0 Å². The molecule has 8 heteroatoms. The topological polar surface area (TPSA) is 99.2 Å². The number of hydrogen-bond acceptors (Lipinski definition) is 6. The van der Waals surface area contributed by atoms with Crippen molar-refractivity contribution in [3.8, 4) is 17.2 Å². The minimum absolute atomic E-state index is 0.125. The van der Waals surface area contributed by atoms with Crippen LogP contribution in [0.5, 0.6) is 5.75 Å². The van der Waals surface area contributed by atoms with Crippen LogP contribution in [-0.4, -0.2) is 27.7 Å². The van der Waals surface area contributed by atoms with Gasteiger partial charge in [-0.2, -0.15) is 4.98 Å². The van der Waals surface area contributed by atoms with Crippen molar-refractivity contribution in [2.45, 2.75) is 26.3 Å². The molecule has 3 rings (SSSR count). The number of benzene rings is 1. The molecular formula is C19H20N4O4. The van der Waals surface area contributed by atoms with Gasteiger partial charge in [-0.15, -0.1) is 0 Å². The largest absolute Gasteiger partial charge is 0.495 e. The number of amides is 1. The number of para-hydroxylation sites is 2. The van der Waals surface area contributed by atoms with E-state index in [1.54, 1.807) is 30.3 Å². The van der Waals surface area contributed by atoms with E-state index in [-0.39, 0.29) is 23.9 Å². The number of rotatable bonds is 6. The summed E-state index contributed by atoms with van der Waals surface area (Å²) in [5, 5.41) is 6.65. The van der Waals surface area contributed by atoms with Gasteiger partial charge in [0, 0.05) is 18.2 Å². The van der Waals surface area contributed by atoms with E-state index in [0.717, 1.165) is 0 Å². The highest BCUT2D eigenvalue weighted by Gasteiger charge is 2.14. The SMILES string of the molecule is COc1ccccc1NC(=O)Cn1cc(-c2nc(C(C)C)no2)ccc1=O. The molecule has 27 heavy (non-hydrogen) atoms. The van der Waals surface area contributed by atoms with E-state index in [4.69, 9.17) is 9.26 Å². The maximum absolute atomic E-state index is 12.4. The number of nitrogens with one attached hydrogen (secondary N) is 1. The van der Waals surface area contributed by atoms with Gasteiger partial charge < -0.3 is 19.1 Å². The highest BCUT2D eigenvalue weighted by atomic mass is 16.5. The first-order valence-corrected chi connectivity index (χ1v) is 8.45. The molecule has 0 aliphatic rings. The lowest BCUT2D eigenvalue weighted by Gasteiger charge is -2.11. The van der Waals surface area contributed by atoms with Crippen LogP contribution in [0.25, 0.3) is 11.5 Å². The second kappa shape index (κ2) is 7.86. The average molecular weight is 368 g/mol. The fourth-order valence-corrected chi connectivity index (χ4v) is 2.46. The summed E-state index contributed by atoms with van der Waals surface area (Å²) >= 11 is 0. The molecule has 1 amide bonds. The maximum atomic E-state index is 12.4. The van der Waals surface area contributed by atoms with Gasteiger partial charge in [-0.1, -0.05) is 31.1 Å². The molecule has 0 aliphatic carbocycles. The number of pyridine rings is 1. The monoisotopic (exact) mass is 368 g/mol. The molecule has 0 saturated carbocycles. The summed E-state index contributed by atoms with van der Waals surface area (Å²) in [4.78, 5) is 28.8. The van der Waals surface area contributed by atoms with E-state index >= 15 is 0 Å². The molecule has 0 saturated heterocycles. The predicted molar refractivity (Wildman–Crippen MR) is 99.7 cm³/mol. The van der Waals surface area contributed by atoms with Crippen LogP contribution in [0.4, 0.5) is 5.69 Å². The summed E-state index contributed by atoms with van der Waals surface area (Å²) in [6.45, 7) is 3.76. The van der Waals surface area contributed by atoms with E-state index in [0.29, 0.717) is 28.7 Å². The first kappa shape index (κ1) is 18.4. The molecule has 0 bridgehead atoms. The Balaban J connectivity index is 1.80. The molecule has 0 unspecified atom stereocenters. The highest BCUT2D eigenvalue weighted by Crippen LogP contribution is 2.23. The van der Waals surface area contributed by atoms with E-state index in [9.17, 15) is 9.59 Å². The zero-order valence-electron chi connectivity index (χ0n) is 15.3. The quantitative estimate of drug-likeness (QED) is 0.718. The van der Waals surface area contributed by atoms with Crippen molar-refractivity contribution < 1.29 is 14.1 Å². The fourth-order valence-electron chi connectivity index (χ4n) is 2.46. The Morgan fingerprint density at radius 3 is 2.74 bits per heavy atom.